The maximum absolute atomic E-state index is 6.68. The maximum Gasteiger partial charge on any atom is 0.167 e. The Bertz CT molecular complexity index is 3850. The van der Waals surface area contributed by atoms with E-state index in [0.29, 0.717) is 17.5 Å². The zero-order valence-electron chi connectivity index (χ0n) is 33.9. The zero-order valence-corrected chi connectivity index (χ0v) is 33.9. The molecule has 13 aromatic rings. The highest BCUT2D eigenvalue weighted by atomic mass is 16.3. The first-order valence-electron chi connectivity index (χ1n) is 21.2. The second-order valence-electron chi connectivity index (χ2n) is 16.0. The van der Waals surface area contributed by atoms with Gasteiger partial charge < -0.3 is 13.6 Å². The zero-order chi connectivity index (χ0) is 41.4. The highest BCUT2D eigenvalue weighted by molar-refractivity contribution is 6.14. The van der Waals surface area contributed by atoms with E-state index >= 15 is 0 Å². The normalized spacial score (nSPS) is 11.8. The molecule has 13 rings (SSSR count). The average molecular weight is 806 g/mol. The van der Waals surface area contributed by atoms with Crippen LogP contribution in [0.1, 0.15) is 0 Å². The summed E-state index contributed by atoms with van der Waals surface area (Å²) in [6, 6.07) is 74.6. The molecule has 0 bridgehead atoms. The molecule has 6 heteroatoms. The number of hydrogen-bond donors (Lipinski definition) is 0. The van der Waals surface area contributed by atoms with Crippen LogP contribution in [0.4, 0.5) is 0 Å². The fourth-order valence-electron chi connectivity index (χ4n) is 9.47. The van der Waals surface area contributed by atoms with E-state index in [0.717, 1.165) is 66.6 Å². The van der Waals surface area contributed by atoms with E-state index < -0.39 is 0 Å². The van der Waals surface area contributed by atoms with Crippen LogP contribution in [0, 0.1) is 0 Å². The van der Waals surface area contributed by atoms with Crippen LogP contribution in [0.3, 0.4) is 0 Å². The van der Waals surface area contributed by atoms with Gasteiger partial charge in [0.1, 0.15) is 11.2 Å². The van der Waals surface area contributed by atoms with Gasteiger partial charge in [0.25, 0.3) is 0 Å². The smallest absolute Gasteiger partial charge is 0.167 e. The second kappa shape index (κ2) is 14.0. The maximum atomic E-state index is 6.68. The molecule has 0 aliphatic rings. The van der Waals surface area contributed by atoms with Crippen LogP contribution < -0.4 is 0 Å². The molecule has 63 heavy (non-hydrogen) atoms. The molecule has 0 amide bonds. The molecule has 0 aliphatic heterocycles. The van der Waals surface area contributed by atoms with Crippen molar-refractivity contribution < 1.29 is 4.42 Å². The number of para-hydroxylation sites is 4. The summed E-state index contributed by atoms with van der Waals surface area (Å²) in [5.41, 5.74) is 13.5. The second-order valence-corrected chi connectivity index (χ2v) is 16.0. The van der Waals surface area contributed by atoms with E-state index in [-0.39, 0.29) is 0 Å². The highest BCUT2D eigenvalue weighted by Gasteiger charge is 2.20. The van der Waals surface area contributed by atoms with Gasteiger partial charge in [-0.05, 0) is 83.9 Å². The van der Waals surface area contributed by atoms with E-state index in [9.17, 15) is 0 Å². The fraction of sp³-hybridized carbons (Fsp3) is 0. The monoisotopic (exact) mass is 805 g/mol. The van der Waals surface area contributed by atoms with E-state index in [4.69, 9.17) is 19.4 Å². The van der Waals surface area contributed by atoms with Crippen molar-refractivity contribution in [3.8, 4) is 56.7 Å². The first kappa shape index (κ1) is 35.2. The molecule has 6 nitrogen and oxygen atoms in total. The van der Waals surface area contributed by atoms with Gasteiger partial charge in [0.05, 0.1) is 27.6 Å². The van der Waals surface area contributed by atoms with Gasteiger partial charge in [-0.25, -0.2) is 15.0 Å². The number of nitrogens with zero attached hydrogens (tertiary/aromatic N) is 5. The minimum atomic E-state index is 0.565. The summed E-state index contributed by atoms with van der Waals surface area (Å²) >= 11 is 0. The molecule has 0 saturated carbocycles. The van der Waals surface area contributed by atoms with Crippen molar-refractivity contribution in [2.45, 2.75) is 0 Å². The van der Waals surface area contributed by atoms with Crippen LogP contribution in [0.25, 0.3) is 122 Å². The third-order valence-electron chi connectivity index (χ3n) is 12.4. The summed E-state index contributed by atoms with van der Waals surface area (Å²) in [5.74, 6) is 1.79. The molecule has 294 valence electrons. The Balaban J connectivity index is 0.935. The third-order valence-corrected chi connectivity index (χ3v) is 12.4. The lowest BCUT2D eigenvalue weighted by Crippen LogP contribution is -2.00. The van der Waals surface area contributed by atoms with Crippen LogP contribution >= 0.6 is 0 Å². The van der Waals surface area contributed by atoms with Crippen LogP contribution in [-0.4, -0.2) is 24.1 Å². The molecule has 4 heterocycles. The highest BCUT2D eigenvalue weighted by Crippen LogP contribution is 2.41. The van der Waals surface area contributed by atoms with Crippen molar-refractivity contribution in [2.75, 3.05) is 0 Å². The van der Waals surface area contributed by atoms with E-state index in [1.807, 2.05) is 66.7 Å². The molecule has 0 saturated heterocycles. The number of hydrogen-bond acceptors (Lipinski definition) is 4. The van der Waals surface area contributed by atoms with Gasteiger partial charge in [0, 0.05) is 54.8 Å². The Morgan fingerprint density at radius 1 is 0.302 bits per heavy atom. The van der Waals surface area contributed by atoms with E-state index in [1.54, 1.807) is 0 Å². The third kappa shape index (κ3) is 5.62. The summed E-state index contributed by atoms with van der Waals surface area (Å²) < 4.78 is 11.5. The first-order chi connectivity index (χ1) is 31.2. The van der Waals surface area contributed by atoms with Crippen LogP contribution in [0.2, 0.25) is 0 Å². The number of benzene rings is 9. The molecule has 9 aromatic carbocycles. The Morgan fingerprint density at radius 2 is 0.794 bits per heavy atom. The topological polar surface area (TPSA) is 61.7 Å². The molecule has 0 aliphatic carbocycles. The van der Waals surface area contributed by atoms with Crippen molar-refractivity contribution >= 4 is 65.6 Å². The minimum absolute atomic E-state index is 0.565. The van der Waals surface area contributed by atoms with Gasteiger partial charge in [0.15, 0.2) is 17.5 Å². The molecule has 0 N–H and O–H groups in total. The molecule has 0 unspecified atom stereocenters. The summed E-state index contributed by atoms with van der Waals surface area (Å²) in [5, 5.41) is 6.92. The molecular formula is C57H35N5O. The van der Waals surface area contributed by atoms with Crippen LogP contribution in [0.5, 0.6) is 0 Å². The number of fused-ring (bicyclic) bond motifs is 9. The SMILES string of the molecule is c1ccc(-c2nc(-c3ccccc3)nc(-c3cccc4c3oc3ccc(-c5ccc6c(c5)c5ccccc5n6-c5ccc6c(c5)c5ccccc5n6-c5ccccc5)cc34)n2)cc1. The van der Waals surface area contributed by atoms with Crippen LogP contribution in [-0.2, 0) is 0 Å². The van der Waals surface area contributed by atoms with Gasteiger partial charge in [0.2, 0.25) is 0 Å². The minimum Gasteiger partial charge on any atom is -0.455 e. The molecule has 0 fully saturated rings. The summed E-state index contributed by atoms with van der Waals surface area (Å²) in [6.07, 6.45) is 0. The number of furan rings is 1. The van der Waals surface area contributed by atoms with Gasteiger partial charge in [-0.15, -0.1) is 0 Å². The van der Waals surface area contributed by atoms with Gasteiger partial charge in [-0.3, -0.25) is 0 Å². The molecule has 0 radical (unpaired) electrons. The molecule has 0 spiro atoms. The van der Waals surface area contributed by atoms with E-state index in [2.05, 4.69) is 155 Å². The van der Waals surface area contributed by atoms with Gasteiger partial charge in [-0.1, -0.05) is 140 Å². The van der Waals surface area contributed by atoms with Gasteiger partial charge in [-0.2, -0.15) is 0 Å². The Kier molecular flexibility index (Phi) is 7.80. The lowest BCUT2D eigenvalue weighted by Gasteiger charge is -2.10. The fourth-order valence-corrected chi connectivity index (χ4v) is 9.47. The predicted molar refractivity (Wildman–Crippen MR) is 258 cm³/mol. The molecular weight excluding hydrogens is 771 g/mol. The summed E-state index contributed by atoms with van der Waals surface area (Å²) in [6.45, 7) is 0. The van der Waals surface area contributed by atoms with Crippen molar-refractivity contribution in [1.29, 1.82) is 0 Å². The number of aromatic nitrogens is 5. The van der Waals surface area contributed by atoms with E-state index in [1.165, 1.54) is 38.1 Å². The summed E-state index contributed by atoms with van der Waals surface area (Å²) in [7, 11) is 0. The Hall–Kier alpha value is -8.61. The summed E-state index contributed by atoms with van der Waals surface area (Å²) in [4.78, 5) is 14.9. The Labute approximate surface area is 361 Å². The first-order valence-corrected chi connectivity index (χ1v) is 21.2. The van der Waals surface area contributed by atoms with Gasteiger partial charge >= 0.3 is 0 Å². The lowest BCUT2D eigenvalue weighted by molar-refractivity contribution is 0.669. The van der Waals surface area contributed by atoms with Crippen molar-refractivity contribution in [3.63, 3.8) is 0 Å². The Morgan fingerprint density at radius 3 is 1.46 bits per heavy atom. The average Bonchev–Trinajstić information content (AvgIpc) is 4.01. The van der Waals surface area contributed by atoms with Crippen molar-refractivity contribution in [2.24, 2.45) is 0 Å². The van der Waals surface area contributed by atoms with Crippen molar-refractivity contribution in [3.05, 3.63) is 212 Å². The predicted octanol–water partition coefficient (Wildman–Crippen LogP) is 14.6. The molecule has 4 aromatic heterocycles. The quantitative estimate of drug-likeness (QED) is 0.168. The van der Waals surface area contributed by atoms with Crippen LogP contribution in [0.15, 0.2) is 217 Å². The largest absolute Gasteiger partial charge is 0.455 e. The standard InChI is InChI=1S/C57H35N5O/c1-4-15-36(16-5-1)55-58-56(37-17-6-2-7-18-37)60-57(59-55)45-24-14-23-44-48-34-39(28-32-53(48)63-54(44)45)38-27-30-51-46(33-38)42-21-10-13-26-50(42)62(51)41-29-31-52-47(35-41)43-22-11-12-25-49(43)61(52)40-19-8-3-9-20-40/h1-35H. The lowest BCUT2D eigenvalue weighted by atomic mass is 10.00. The van der Waals surface area contributed by atoms with Crippen molar-refractivity contribution in [1.82, 2.24) is 24.1 Å². The molecule has 0 atom stereocenters. The number of rotatable bonds is 6.